The van der Waals surface area contributed by atoms with Crippen molar-refractivity contribution in [1.29, 1.82) is 0 Å². The fourth-order valence-electron chi connectivity index (χ4n) is 3.21. The molecular weight excluding hydrogens is 434 g/mol. The lowest BCUT2D eigenvalue weighted by Crippen LogP contribution is -2.34. The van der Waals surface area contributed by atoms with E-state index in [0.29, 0.717) is 53.5 Å². The highest BCUT2D eigenvalue weighted by Gasteiger charge is 2.21. The van der Waals surface area contributed by atoms with Crippen LogP contribution in [0, 0.1) is 0 Å². The molecule has 0 bridgehead atoms. The Morgan fingerprint density at radius 1 is 1.19 bits per heavy atom. The van der Waals surface area contributed by atoms with Crippen LogP contribution in [-0.2, 0) is 11.3 Å². The SMILES string of the molecule is CCCOc1c(Cl)cc(C(=O)N(CCOC)Cc2nc3ccccc3c(=O)[nH]2)cc1OC. The topological polar surface area (TPSA) is 93.7 Å². The van der Waals surface area contributed by atoms with Gasteiger partial charge in [-0.3, -0.25) is 9.59 Å². The summed E-state index contributed by atoms with van der Waals surface area (Å²) in [6.07, 6.45) is 0.807. The van der Waals surface area contributed by atoms with Crippen LogP contribution in [-0.4, -0.2) is 54.8 Å². The van der Waals surface area contributed by atoms with Gasteiger partial charge >= 0.3 is 0 Å². The Morgan fingerprint density at radius 3 is 2.69 bits per heavy atom. The summed E-state index contributed by atoms with van der Waals surface area (Å²) in [6.45, 7) is 3.16. The number of carbonyl (C=O) groups excluding carboxylic acids is 1. The minimum Gasteiger partial charge on any atom is -0.493 e. The fraction of sp³-hybridized carbons (Fsp3) is 0.348. The van der Waals surface area contributed by atoms with Crippen LogP contribution >= 0.6 is 11.6 Å². The second-order valence-electron chi connectivity index (χ2n) is 7.09. The standard InChI is InChI=1S/C23H26ClN3O5/c1-4-10-32-21-17(24)12-15(13-19(21)31-3)23(29)27(9-11-30-2)14-20-25-18-8-6-5-7-16(18)22(28)26-20/h5-8,12-13H,4,9-11,14H2,1-3H3,(H,25,26,28). The summed E-state index contributed by atoms with van der Waals surface area (Å²) in [7, 11) is 3.05. The molecule has 2 aromatic carbocycles. The van der Waals surface area contributed by atoms with Gasteiger partial charge in [-0.1, -0.05) is 30.7 Å². The minimum absolute atomic E-state index is 0.0935. The molecule has 0 saturated carbocycles. The quantitative estimate of drug-likeness (QED) is 0.497. The molecule has 170 valence electrons. The third-order valence-electron chi connectivity index (χ3n) is 4.78. The Morgan fingerprint density at radius 2 is 1.97 bits per heavy atom. The molecule has 0 atom stereocenters. The highest BCUT2D eigenvalue weighted by Crippen LogP contribution is 2.37. The van der Waals surface area contributed by atoms with Gasteiger partial charge in [-0.2, -0.15) is 0 Å². The smallest absolute Gasteiger partial charge is 0.258 e. The molecule has 1 amide bonds. The van der Waals surface area contributed by atoms with Gasteiger partial charge in [-0.05, 0) is 30.7 Å². The first kappa shape index (κ1) is 23.6. The number of H-pyrrole nitrogens is 1. The maximum Gasteiger partial charge on any atom is 0.258 e. The molecule has 0 radical (unpaired) electrons. The molecule has 9 heteroatoms. The van der Waals surface area contributed by atoms with E-state index in [9.17, 15) is 9.59 Å². The molecule has 0 aliphatic carbocycles. The predicted octanol–water partition coefficient (Wildman–Crippen LogP) is 3.66. The van der Waals surface area contributed by atoms with Crippen molar-refractivity contribution in [2.45, 2.75) is 19.9 Å². The summed E-state index contributed by atoms with van der Waals surface area (Å²) in [6, 6.07) is 10.2. The normalized spacial score (nSPS) is 10.9. The van der Waals surface area contributed by atoms with E-state index in [2.05, 4.69) is 9.97 Å². The van der Waals surface area contributed by atoms with Crippen LogP contribution in [0.2, 0.25) is 5.02 Å². The molecule has 0 aliphatic heterocycles. The van der Waals surface area contributed by atoms with Gasteiger partial charge in [0.15, 0.2) is 11.5 Å². The molecule has 3 aromatic rings. The zero-order chi connectivity index (χ0) is 23.1. The average molecular weight is 460 g/mol. The van der Waals surface area contributed by atoms with Crippen LogP contribution < -0.4 is 15.0 Å². The number of methoxy groups -OCH3 is 2. The monoisotopic (exact) mass is 459 g/mol. The maximum atomic E-state index is 13.3. The third kappa shape index (κ3) is 5.38. The van der Waals surface area contributed by atoms with Gasteiger partial charge in [0.25, 0.3) is 11.5 Å². The van der Waals surface area contributed by atoms with E-state index in [1.807, 2.05) is 13.0 Å². The molecule has 1 aromatic heterocycles. The molecule has 0 fully saturated rings. The number of ether oxygens (including phenoxy) is 3. The zero-order valence-corrected chi connectivity index (χ0v) is 19.1. The van der Waals surface area contributed by atoms with Gasteiger partial charge in [0, 0.05) is 19.2 Å². The molecule has 0 spiro atoms. The number of benzene rings is 2. The van der Waals surface area contributed by atoms with Gasteiger partial charge in [-0.15, -0.1) is 0 Å². The van der Waals surface area contributed by atoms with Crippen molar-refractivity contribution in [1.82, 2.24) is 14.9 Å². The molecule has 8 nitrogen and oxygen atoms in total. The lowest BCUT2D eigenvalue weighted by atomic mass is 10.1. The van der Waals surface area contributed by atoms with Crippen LogP contribution in [0.4, 0.5) is 0 Å². The number of nitrogens with zero attached hydrogens (tertiary/aromatic N) is 2. The summed E-state index contributed by atoms with van der Waals surface area (Å²) in [5, 5.41) is 0.773. The van der Waals surface area contributed by atoms with Crippen molar-refractivity contribution in [3.05, 3.63) is 63.2 Å². The number of hydrogen-bond donors (Lipinski definition) is 1. The first-order valence-electron chi connectivity index (χ1n) is 10.2. The van der Waals surface area contributed by atoms with Crippen molar-refractivity contribution in [2.75, 3.05) is 34.0 Å². The van der Waals surface area contributed by atoms with Crippen molar-refractivity contribution in [2.24, 2.45) is 0 Å². The summed E-state index contributed by atoms with van der Waals surface area (Å²) in [5.74, 6) is 0.842. The van der Waals surface area contributed by atoms with Crippen LogP contribution in [0.1, 0.15) is 29.5 Å². The Kier molecular flexibility index (Phi) is 8.08. The largest absolute Gasteiger partial charge is 0.493 e. The number of para-hydroxylation sites is 1. The summed E-state index contributed by atoms with van der Waals surface area (Å²) >= 11 is 6.39. The highest BCUT2D eigenvalue weighted by molar-refractivity contribution is 6.32. The second kappa shape index (κ2) is 11.0. The van der Waals surface area contributed by atoms with Gasteiger partial charge < -0.3 is 24.1 Å². The molecule has 3 rings (SSSR count). The zero-order valence-electron chi connectivity index (χ0n) is 18.3. The number of aromatic nitrogens is 2. The Labute approximate surface area is 191 Å². The van der Waals surface area contributed by atoms with Crippen molar-refractivity contribution in [3.63, 3.8) is 0 Å². The van der Waals surface area contributed by atoms with Crippen molar-refractivity contribution < 1.29 is 19.0 Å². The minimum atomic E-state index is -0.305. The predicted molar refractivity (Wildman–Crippen MR) is 123 cm³/mol. The second-order valence-corrected chi connectivity index (χ2v) is 7.49. The first-order valence-corrected chi connectivity index (χ1v) is 10.6. The molecule has 0 aliphatic rings. The van der Waals surface area contributed by atoms with E-state index in [-0.39, 0.29) is 23.0 Å². The molecular formula is C23H26ClN3O5. The van der Waals surface area contributed by atoms with E-state index in [0.717, 1.165) is 6.42 Å². The number of halogens is 1. The first-order chi connectivity index (χ1) is 15.5. The number of amides is 1. The molecule has 0 unspecified atom stereocenters. The maximum absolute atomic E-state index is 13.3. The van der Waals surface area contributed by atoms with E-state index >= 15 is 0 Å². The van der Waals surface area contributed by atoms with Gasteiger partial charge in [0.2, 0.25) is 0 Å². The van der Waals surface area contributed by atoms with Crippen LogP contribution in [0.5, 0.6) is 11.5 Å². The summed E-state index contributed by atoms with van der Waals surface area (Å²) in [5.41, 5.74) is 0.634. The molecule has 32 heavy (non-hydrogen) atoms. The number of carbonyl (C=O) groups is 1. The average Bonchev–Trinajstić information content (AvgIpc) is 2.80. The van der Waals surface area contributed by atoms with Crippen LogP contribution in [0.15, 0.2) is 41.2 Å². The van der Waals surface area contributed by atoms with Crippen LogP contribution in [0.3, 0.4) is 0 Å². The third-order valence-corrected chi connectivity index (χ3v) is 5.06. The van der Waals surface area contributed by atoms with Gasteiger partial charge in [0.05, 0.1) is 42.8 Å². The van der Waals surface area contributed by atoms with Gasteiger partial charge in [0.1, 0.15) is 5.82 Å². The highest BCUT2D eigenvalue weighted by atomic mass is 35.5. The number of fused-ring (bicyclic) bond motifs is 1. The molecule has 1 N–H and O–H groups in total. The number of nitrogens with one attached hydrogen (secondary N) is 1. The Balaban J connectivity index is 1.93. The van der Waals surface area contributed by atoms with E-state index in [1.165, 1.54) is 12.0 Å². The fourth-order valence-corrected chi connectivity index (χ4v) is 3.48. The van der Waals surface area contributed by atoms with Crippen molar-refractivity contribution in [3.8, 4) is 11.5 Å². The lowest BCUT2D eigenvalue weighted by Gasteiger charge is -2.23. The van der Waals surface area contributed by atoms with Crippen LogP contribution in [0.25, 0.3) is 10.9 Å². The number of rotatable bonds is 10. The van der Waals surface area contributed by atoms with E-state index in [1.54, 1.807) is 37.4 Å². The number of aromatic amines is 1. The van der Waals surface area contributed by atoms with Crippen molar-refractivity contribution >= 4 is 28.4 Å². The van der Waals surface area contributed by atoms with E-state index < -0.39 is 0 Å². The number of hydrogen-bond acceptors (Lipinski definition) is 6. The molecule has 0 saturated heterocycles. The summed E-state index contributed by atoms with van der Waals surface area (Å²) in [4.78, 5) is 34.6. The Hall–Kier alpha value is -3.10. The van der Waals surface area contributed by atoms with Gasteiger partial charge in [-0.25, -0.2) is 4.98 Å². The summed E-state index contributed by atoms with van der Waals surface area (Å²) < 4.78 is 16.2. The molecule has 1 heterocycles. The van der Waals surface area contributed by atoms with E-state index in [4.69, 9.17) is 25.8 Å². The lowest BCUT2D eigenvalue weighted by molar-refractivity contribution is 0.0675. The Bertz CT molecular complexity index is 1150.